The van der Waals surface area contributed by atoms with Crippen molar-refractivity contribution in [2.24, 2.45) is 11.8 Å². The van der Waals surface area contributed by atoms with Crippen molar-refractivity contribution >= 4 is 41.3 Å². The standard InChI is InChI=1S/C40H56ClN3O8/c1-27(21-33(46)51-38(2,3)4)35(48)42-32(25-45)37(50)43(8)40(24-29-15-17-31(41)18-16-29)19-12-20-44(26-40)36(49)30(22-28-13-10-9-11-14-28)23-34(47)52-39(5,6)7/h9-11,13-18,27,30,32,45H,12,19-26H2,1-8H3,(H,42,48)/t27-,30-,32+,40-/m1/s1. The molecule has 286 valence electrons. The fourth-order valence-electron chi connectivity index (χ4n) is 6.50. The summed E-state index contributed by atoms with van der Waals surface area (Å²) in [5.41, 5.74) is -0.592. The van der Waals surface area contributed by atoms with Gasteiger partial charge in [0.15, 0.2) is 0 Å². The van der Waals surface area contributed by atoms with Gasteiger partial charge in [-0.15, -0.1) is 0 Å². The Morgan fingerprint density at radius 2 is 1.48 bits per heavy atom. The summed E-state index contributed by atoms with van der Waals surface area (Å²) in [6.45, 7) is 12.0. The Bertz CT molecular complexity index is 1540. The number of nitrogens with one attached hydrogen (secondary N) is 1. The van der Waals surface area contributed by atoms with Gasteiger partial charge in [0.25, 0.3) is 0 Å². The van der Waals surface area contributed by atoms with Crippen LogP contribution < -0.4 is 5.32 Å². The number of rotatable bonds is 14. The van der Waals surface area contributed by atoms with Crippen molar-refractivity contribution in [1.29, 1.82) is 0 Å². The molecular formula is C40H56ClN3O8. The number of benzene rings is 2. The summed E-state index contributed by atoms with van der Waals surface area (Å²) < 4.78 is 11.0. The van der Waals surface area contributed by atoms with Crippen molar-refractivity contribution in [3.63, 3.8) is 0 Å². The minimum absolute atomic E-state index is 0.111. The highest BCUT2D eigenvalue weighted by Gasteiger charge is 2.45. The molecule has 12 heteroatoms. The van der Waals surface area contributed by atoms with Crippen LogP contribution in [0, 0.1) is 11.8 Å². The number of amides is 3. The lowest BCUT2D eigenvalue weighted by Gasteiger charge is -2.49. The summed E-state index contributed by atoms with van der Waals surface area (Å²) in [4.78, 5) is 70.5. The Labute approximate surface area is 313 Å². The van der Waals surface area contributed by atoms with E-state index in [-0.39, 0.29) is 25.3 Å². The van der Waals surface area contributed by atoms with Gasteiger partial charge in [0, 0.05) is 31.1 Å². The fraction of sp³-hybridized carbons (Fsp3) is 0.575. The molecule has 1 aliphatic heterocycles. The number of hydrogen-bond donors (Lipinski definition) is 2. The molecule has 11 nitrogen and oxygen atoms in total. The molecule has 3 amide bonds. The first-order chi connectivity index (χ1) is 24.2. The molecule has 0 bridgehead atoms. The van der Waals surface area contributed by atoms with Crippen LogP contribution in [0.3, 0.4) is 0 Å². The Hall–Kier alpha value is -3.96. The minimum atomic E-state index is -1.30. The maximum Gasteiger partial charge on any atom is 0.307 e. The largest absolute Gasteiger partial charge is 0.460 e. The Kier molecular flexibility index (Phi) is 14.8. The van der Waals surface area contributed by atoms with Crippen LogP contribution in [0.5, 0.6) is 0 Å². The van der Waals surface area contributed by atoms with E-state index in [0.29, 0.717) is 37.3 Å². The number of ether oxygens (including phenoxy) is 2. The monoisotopic (exact) mass is 741 g/mol. The predicted octanol–water partition coefficient (Wildman–Crippen LogP) is 5.14. The van der Waals surface area contributed by atoms with Gasteiger partial charge in [-0.05, 0) is 90.5 Å². The van der Waals surface area contributed by atoms with Gasteiger partial charge in [-0.25, -0.2) is 0 Å². The average molecular weight is 742 g/mol. The van der Waals surface area contributed by atoms with E-state index in [1.54, 1.807) is 72.5 Å². The maximum atomic E-state index is 14.4. The maximum absolute atomic E-state index is 14.4. The van der Waals surface area contributed by atoms with Crippen LogP contribution in [0.4, 0.5) is 0 Å². The van der Waals surface area contributed by atoms with E-state index < -0.39 is 65.0 Å². The molecule has 1 heterocycles. The number of nitrogens with zero attached hydrogens (tertiary/aromatic N) is 2. The number of esters is 2. The van der Waals surface area contributed by atoms with Crippen LogP contribution in [-0.4, -0.2) is 94.1 Å². The Morgan fingerprint density at radius 1 is 0.904 bits per heavy atom. The van der Waals surface area contributed by atoms with Gasteiger partial charge < -0.3 is 29.7 Å². The van der Waals surface area contributed by atoms with Gasteiger partial charge in [0.2, 0.25) is 17.7 Å². The van der Waals surface area contributed by atoms with Crippen LogP contribution >= 0.6 is 11.6 Å². The van der Waals surface area contributed by atoms with E-state index in [4.69, 9.17) is 21.1 Å². The van der Waals surface area contributed by atoms with Gasteiger partial charge in [-0.3, -0.25) is 24.0 Å². The van der Waals surface area contributed by atoms with Crippen molar-refractivity contribution in [3.05, 3.63) is 70.7 Å². The normalized spacial score (nSPS) is 18.1. The van der Waals surface area contributed by atoms with Gasteiger partial charge in [0.1, 0.15) is 17.2 Å². The molecule has 0 saturated carbocycles. The highest BCUT2D eigenvalue weighted by Crippen LogP contribution is 2.33. The third kappa shape index (κ3) is 12.9. The van der Waals surface area contributed by atoms with Crippen LogP contribution in [0.15, 0.2) is 54.6 Å². The van der Waals surface area contributed by atoms with Gasteiger partial charge in [0.05, 0.1) is 30.9 Å². The SMILES string of the molecule is C[C@H](CC(=O)OC(C)(C)C)C(=O)N[C@@H](CO)C(=O)N(C)[C@@]1(Cc2ccc(Cl)cc2)CCCN(C(=O)[C@@H](CC(=O)OC(C)(C)C)Cc2ccccc2)C1. The summed E-state index contributed by atoms with van der Waals surface area (Å²) >= 11 is 6.19. The van der Waals surface area contributed by atoms with Crippen LogP contribution in [0.1, 0.15) is 85.3 Å². The zero-order chi connectivity index (χ0) is 38.9. The van der Waals surface area contributed by atoms with Gasteiger partial charge in [-0.1, -0.05) is 61.0 Å². The van der Waals surface area contributed by atoms with Crippen LogP contribution in [0.25, 0.3) is 0 Å². The number of aliphatic hydroxyl groups is 1. The zero-order valence-electron chi connectivity index (χ0n) is 31.9. The molecule has 4 atom stereocenters. The highest BCUT2D eigenvalue weighted by molar-refractivity contribution is 6.30. The average Bonchev–Trinajstić information content (AvgIpc) is 3.05. The summed E-state index contributed by atoms with van der Waals surface area (Å²) in [6, 6.07) is 15.5. The van der Waals surface area contributed by atoms with Crippen molar-refractivity contribution in [2.75, 3.05) is 26.7 Å². The molecule has 2 N–H and O–H groups in total. The number of likely N-dealkylation sites (tertiary alicyclic amines) is 1. The van der Waals surface area contributed by atoms with Crippen molar-refractivity contribution < 1.29 is 38.6 Å². The lowest BCUT2D eigenvalue weighted by molar-refractivity contribution is -0.159. The van der Waals surface area contributed by atoms with Gasteiger partial charge >= 0.3 is 11.9 Å². The fourth-order valence-corrected chi connectivity index (χ4v) is 6.63. The van der Waals surface area contributed by atoms with Crippen molar-refractivity contribution in [1.82, 2.24) is 15.1 Å². The second kappa shape index (κ2) is 18.2. The molecule has 1 saturated heterocycles. The van der Waals surface area contributed by atoms with E-state index >= 15 is 0 Å². The molecule has 0 aromatic heterocycles. The first kappa shape index (κ1) is 42.5. The second-order valence-corrected chi connectivity index (χ2v) is 16.3. The van der Waals surface area contributed by atoms with E-state index in [0.717, 1.165) is 11.1 Å². The molecule has 1 fully saturated rings. The molecule has 0 unspecified atom stereocenters. The summed E-state index contributed by atoms with van der Waals surface area (Å²) in [7, 11) is 1.62. The van der Waals surface area contributed by atoms with Crippen LogP contribution in [-0.2, 0) is 46.3 Å². The summed E-state index contributed by atoms with van der Waals surface area (Å²) in [6.07, 6.45) is 1.46. The van der Waals surface area contributed by atoms with Gasteiger partial charge in [-0.2, -0.15) is 0 Å². The topological polar surface area (TPSA) is 143 Å². The molecular weight excluding hydrogens is 686 g/mol. The third-order valence-electron chi connectivity index (χ3n) is 9.00. The number of hydrogen-bond acceptors (Lipinski definition) is 8. The molecule has 1 aliphatic rings. The predicted molar refractivity (Wildman–Crippen MR) is 199 cm³/mol. The van der Waals surface area contributed by atoms with E-state index in [9.17, 15) is 29.1 Å². The lowest BCUT2D eigenvalue weighted by atomic mass is 9.80. The van der Waals surface area contributed by atoms with E-state index in [1.807, 2.05) is 42.5 Å². The smallest absolute Gasteiger partial charge is 0.307 e. The second-order valence-electron chi connectivity index (χ2n) is 15.9. The molecule has 2 aromatic rings. The summed E-state index contributed by atoms with van der Waals surface area (Å²) in [5, 5.41) is 13.5. The molecule has 0 spiro atoms. The number of aliphatic hydroxyl groups excluding tert-OH is 1. The Morgan fingerprint density at radius 3 is 2.04 bits per heavy atom. The van der Waals surface area contributed by atoms with E-state index in [2.05, 4.69) is 5.32 Å². The van der Waals surface area contributed by atoms with Crippen molar-refractivity contribution in [2.45, 2.75) is 110 Å². The number of halogens is 1. The molecule has 0 radical (unpaired) electrons. The first-order valence-corrected chi connectivity index (χ1v) is 18.3. The first-order valence-electron chi connectivity index (χ1n) is 17.9. The Balaban J connectivity index is 1.91. The number of carbonyl (C=O) groups is 5. The highest BCUT2D eigenvalue weighted by atomic mass is 35.5. The lowest BCUT2D eigenvalue weighted by Crippen LogP contribution is -2.65. The summed E-state index contributed by atoms with van der Waals surface area (Å²) in [5.74, 6) is -3.90. The number of piperidine rings is 1. The molecule has 52 heavy (non-hydrogen) atoms. The quantitative estimate of drug-likeness (QED) is 0.254. The molecule has 3 rings (SSSR count). The molecule has 0 aliphatic carbocycles. The zero-order valence-corrected chi connectivity index (χ0v) is 32.6. The third-order valence-corrected chi connectivity index (χ3v) is 9.25. The van der Waals surface area contributed by atoms with E-state index in [1.165, 1.54) is 4.90 Å². The van der Waals surface area contributed by atoms with Crippen molar-refractivity contribution in [3.8, 4) is 0 Å². The number of carbonyl (C=O) groups excluding carboxylic acids is 5. The number of likely N-dealkylation sites (N-methyl/N-ethyl adjacent to an activating group) is 1. The molecule has 2 aromatic carbocycles. The van der Waals surface area contributed by atoms with Crippen LogP contribution in [0.2, 0.25) is 5.02 Å². The minimum Gasteiger partial charge on any atom is -0.460 e.